The van der Waals surface area contributed by atoms with Crippen LogP contribution in [0.5, 0.6) is 0 Å². The Balaban J connectivity index is 1.48. The smallest absolute Gasteiger partial charge is 0.225 e. The van der Waals surface area contributed by atoms with Crippen LogP contribution in [0.25, 0.3) is 0 Å². The Morgan fingerprint density at radius 1 is 1.32 bits per heavy atom. The van der Waals surface area contributed by atoms with E-state index in [2.05, 4.69) is 14.9 Å². The minimum absolute atomic E-state index is 0.311. The van der Waals surface area contributed by atoms with Crippen LogP contribution in [0, 0.1) is 18.8 Å². The maximum Gasteiger partial charge on any atom is 0.225 e. The van der Waals surface area contributed by atoms with Gasteiger partial charge in [-0.05, 0) is 44.6 Å². The molecule has 1 amide bonds. The molecule has 1 saturated carbocycles. The van der Waals surface area contributed by atoms with Gasteiger partial charge in [0.1, 0.15) is 0 Å². The summed E-state index contributed by atoms with van der Waals surface area (Å²) in [5, 5.41) is 0. The molecule has 1 aliphatic carbocycles. The van der Waals surface area contributed by atoms with E-state index in [4.69, 9.17) is 0 Å². The first-order valence-corrected chi connectivity index (χ1v) is 8.43. The van der Waals surface area contributed by atoms with Crippen LogP contribution in [0.2, 0.25) is 0 Å². The maximum atomic E-state index is 12.2. The van der Waals surface area contributed by atoms with Gasteiger partial charge in [-0.15, -0.1) is 0 Å². The number of hydrogen-bond donors (Lipinski definition) is 0. The van der Waals surface area contributed by atoms with Crippen molar-refractivity contribution in [3.05, 3.63) is 18.0 Å². The minimum Gasteiger partial charge on any atom is -0.345 e. The van der Waals surface area contributed by atoms with Crippen molar-refractivity contribution < 1.29 is 4.79 Å². The third-order valence-corrected chi connectivity index (χ3v) is 5.04. The van der Waals surface area contributed by atoms with Gasteiger partial charge in [-0.3, -0.25) is 4.79 Å². The van der Waals surface area contributed by atoms with Crippen molar-refractivity contribution in [3.8, 4) is 0 Å². The molecular formula is C17H26N4O. The fourth-order valence-corrected chi connectivity index (χ4v) is 3.35. The Bertz CT molecular complexity index is 521. The van der Waals surface area contributed by atoms with Gasteiger partial charge in [-0.2, -0.15) is 0 Å². The van der Waals surface area contributed by atoms with Crippen LogP contribution in [0.1, 0.15) is 37.8 Å². The zero-order valence-electron chi connectivity index (χ0n) is 13.7. The Hall–Kier alpha value is -1.65. The van der Waals surface area contributed by atoms with E-state index < -0.39 is 0 Å². The fourth-order valence-electron chi connectivity index (χ4n) is 3.35. The zero-order chi connectivity index (χ0) is 15.5. The zero-order valence-corrected chi connectivity index (χ0v) is 13.7. The van der Waals surface area contributed by atoms with E-state index in [-0.39, 0.29) is 0 Å². The number of amides is 1. The van der Waals surface area contributed by atoms with Crippen LogP contribution in [0.15, 0.2) is 12.3 Å². The summed E-state index contributed by atoms with van der Waals surface area (Å²) in [4.78, 5) is 25.3. The van der Waals surface area contributed by atoms with E-state index >= 15 is 0 Å². The normalized spacial score (nSPS) is 19.8. The molecule has 2 heterocycles. The van der Waals surface area contributed by atoms with Crippen LogP contribution in [-0.2, 0) is 4.79 Å². The van der Waals surface area contributed by atoms with Gasteiger partial charge in [-0.1, -0.05) is 6.42 Å². The predicted molar refractivity (Wildman–Crippen MR) is 86.7 cm³/mol. The highest BCUT2D eigenvalue weighted by Crippen LogP contribution is 2.29. The molecule has 3 rings (SSSR count). The number of aryl methyl sites for hydroxylation is 1. The molecule has 2 fully saturated rings. The van der Waals surface area contributed by atoms with Crippen LogP contribution < -0.4 is 4.90 Å². The van der Waals surface area contributed by atoms with Crippen molar-refractivity contribution in [1.29, 1.82) is 0 Å². The van der Waals surface area contributed by atoms with Gasteiger partial charge in [0.2, 0.25) is 11.9 Å². The third kappa shape index (κ3) is 3.39. The van der Waals surface area contributed by atoms with Crippen molar-refractivity contribution >= 4 is 11.9 Å². The van der Waals surface area contributed by atoms with E-state index in [0.717, 1.165) is 57.0 Å². The van der Waals surface area contributed by atoms with Gasteiger partial charge >= 0.3 is 0 Å². The van der Waals surface area contributed by atoms with Crippen molar-refractivity contribution in [3.63, 3.8) is 0 Å². The molecule has 1 aliphatic heterocycles. The summed E-state index contributed by atoms with van der Waals surface area (Å²) in [5.41, 5.74) is 1.01. The molecule has 0 aromatic carbocycles. The molecule has 5 heteroatoms. The average molecular weight is 302 g/mol. The lowest BCUT2D eigenvalue weighted by Gasteiger charge is -2.35. The Labute approximate surface area is 132 Å². The van der Waals surface area contributed by atoms with Crippen LogP contribution in [-0.4, -0.2) is 47.5 Å². The molecule has 5 nitrogen and oxygen atoms in total. The molecule has 22 heavy (non-hydrogen) atoms. The number of hydrogen-bond acceptors (Lipinski definition) is 4. The van der Waals surface area contributed by atoms with Gasteiger partial charge in [0, 0.05) is 44.5 Å². The van der Waals surface area contributed by atoms with Crippen LogP contribution >= 0.6 is 0 Å². The fraction of sp³-hybridized carbons (Fsp3) is 0.706. The third-order valence-electron chi connectivity index (χ3n) is 5.04. The minimum atomic E-state index is 0.311. The van der Waals surface area contributed by atoms with E-state index in [9.17, 15) is 4.79 Å². The van der Waals surface area contributed by atoms with Crippen molar-refractivity contribution in [1.82, 2.24) is 14.9 Å². The van der Waals surface area contributed by atoms with E-state index in [1.54, 1.807) is 0 Å². The van der Waals surface area contributed by atoms with Crippen LogP contribution in [0.3, 0.4) is 0 Å². The Kier molecular flexibility index (Phi) is 4.60. The lowest BCUT2D eigenvalue weighted by molar-refractivity contribution is -0.137. The molecule has 1 aromatic heterocycles. The second kappa shape index (κ2) is 6.63. The first-order chi connectivity index (χ1) is 10.6. The lowest BCUT2D eigenvalue weighted by atomic mass is 9.84. The number of piperidine rings is 1. The first-order valence-electron chi connectivity index (χ1n) is 8.43. The van der Waals surface area contributed by atoms with E-state index in [1.165, 1.54) is 6.42 Å². The van der Waals surface area contributed by atoms with Crippen molar-refractivity contribution in [2.45, 2.75) is 39.0 Å². The summed E-state index contributed by atoms with van der Waals surface area (Å²) in [5.74, 6) is 2.12. The maximum absolute atomic E-state index is 12.2. The summed E-state index contributed by atoms with van der Waals surface area (Å²) in [6, 6.07) is 1.93. The topological polar surface area (TPSA) is 49.3 Å². The average Bonchev–Trinajstić information content (AvgIpc) is 2.46. The molecule has 0 bridgehead atoms. The highest BCUT2D eigenvalue weighted by molar-refractivity contribution is 5.79. The summed E-state index contributed by atoms with van der Waals surface area (Å²) in [6.07, 6.45) is 7.45. The highest BCUT2D eigenvalue weighted by atomic mass is 16.2. The molecule has 0 atom stereocenters. The Morgan fingerprint density at radius 2 is 2.05 bits per heavy atom. The number of anilines is 1. The van der Waals surface area contributed by atoms with Gasteiger partial charge in [0.25, 0.3) is 0 Å². The quantitative estimate of drug-likeness (QED) is 0.856. The SMILES string of the molecule is Cc1ccnc(N2CCC(CN(C)C(=O)C3CCC3)CC2)n1. The molecular weight excluding hydrogens is 276 g/mol. The van der Waals surface area contributed by atoms with Gasteiger partial charge in [-0.25, -0.2) is 9.97 Å². The standard InChI is InChI=1S/C17H26N4O/c1-13-6-9-18-17(19-13)21-10-7-14(8-11-21)12-20(2)16(22)15-4-3-5-15/h6,9,14-15H,3-5,7-8,10-12H2,1-2H3. The molecule has 0 radical (unpaired) electrons. The van der Waals surface area contributed by atoms with Crippen molar-refractivity contribution in [2.75, 3.05) is 31.6 Å². The number of carbonyl (C=O) groups excluding carboxylic acids is 1. The molecule has 120 valence electrons. The number of carbonyl (C=O) groups is 1. The van der Waals surface area contributed by atoms with Gasteiger partial charge in [0.15, 0.2) is 0 Å². The van der Waals surface area contributed by atoms with E-state index in [0.29, 0.717) is 17.7 Å². The molecule has 0 spiro atoms. The van der Waals surface area contributed by atoms with Gasteiger partial charge < -0.3 is 9.80 Å². The second-order valence-electron chi connectivity index (χ2n) is 6.78. The first kappa shape index (κ1) is 15.3. The number of rotatable bonds is 4. The largest absolute Gasteiger partial charge is 0.345 e. The summed E-state index contributed by atoms with van der Waals surface area (Å²) in [7, 11) is 1.97. The Morgan fingerprint density at radius 3 is 2.64 bits per heavy atom. The number of aromatic nitrogens is 2. The molecule has 2 aliphatic rings. The monoisotopic (exact) mass is 302 g/mol. The number of nitrogens with zero attached hydrogens (tertiary/aromatic N) is 4. The highest BCUT2D eigenvalue weighted by Gasteiger charge is 2.29. The van der Waals surface area contributed by atoms with Gasteiger partial charge in [0.05, 0.1) is 0 Å². The molecule has 0 N–H and O–H groups in total. The van der Waals surface area contributed by atoms with E-state index in [1.807, 2.05) is 31.1 Å². The predicted octanol–water partition coefficient (Wildman–Crippen LogP) is 2.26. The second-order valence-corrected chi connectivity index (χ2v) is 6.78. The lowest BCUT2D eigenvalue weighted by Crippen LogP contribution is -2.42. The van der Waals surface area contributed by atoms with Crippen molar-refractivity contribution in [2.24, 2.45) is 11.8 Å². The molecule has 1 saturated heterocycles. The molecule has 0 unspecified atom stereocenters. The molecule has 1 aromatic rings. The summed E-state index contributed by atoms with van der Waals surface area (Å²) >= 11 is 0. The summed E-state index contributed by atoms with van der Waals surface area (Å²) in [6.45, 7) is 4.87. The summed E-state index contributed by atoms with van der Waals surface area (Å²) < 4.78 is 0. The van der Waals surface area contributed by atoms with Crippen LogP contribution in [0.4, 0.5) is 5.95 Å².